The molecule has 18 heavy (non-hydrogen) atoms. The maximum Gasteiger partial charge on any atom is 0.0574 e. The first kappa shape index (κ1) is 13.5. The highest BCUT2D eigenvalue weighted by molar-refractivity contribution is 9.10. The molecule has 1 atom stereocenters. The van der Waals surface area contributed by atoms with E-state index in [9.17, 15) is 4.21 Å². The van der Waals surface area contributed by atoms with Crippen LogP contribution in [0.3, 0.4) is 0 Å². The van der Waals surface area contributed by atoms with E-state index in [1.54, 1.807) is 0 Å². The largest absolute Gasteiger partial charge is 0.326 e. The predicted molar refractivity (Wildman–Crippen MR) is 78.6 cm³/mol. The number of halogens is 1. The minimum Gasteiger partial charge on any atom is -0.326 e. The van der Waals surface area contributed by atoms with E-state index in [2.05, 4.69) is 15.9 Å². The van der Waals surface area contributed by atoms with Gasteiger partial charge in [-0.2, -0.15) is 0 Å². The van der Waals surface area contributed by atoms with E-state index >= 15 is 0 Å². The van der Waals surface area contributed by atoms with Gasteiger partial charge in [0.05, 0.1) is 16.6 Å². The molecule has 0 amide bonds. The van der Waals surface area contributed by atoms with E-state index < -0.39 is 10.8 Å². The third-order valence-electron chi connectivity index (χ3n) is 2.63. The van der Waals surface area contributed by atoms with E-state index in [1.807, 2.05) is 48.5 Å². The van der Waals surface area contributed by atoms with Crippen molar-refractivity contribution in [3.8, 4) is 0 Å². The summed E-state index contributed by atoms with van der Waals surface area (Å²) in [5.41, 5.74) is 7.70. The lowest BCUT2D eigenvalue weighted by Gasteiger charge is -2.04. The normalized spacial score (nSPS) is 12.3. The molecule has 2 aromatic rings. The Morgan fingerprint density at radius 3 is 2.06 bits per heavy atom. The Balaban J connectivity index is 2.08. The summed E-state index contributed by atoms with van der Waals surface area (Å²) in [5, 5.41) is 0. The van der Waals surface area contributed by atoms with Crippen LogP contribution < -0.4 is 5.73 Å². The fraction of sp³-hybridized carbons (Fsp3) is 0.143. The highest BCUT2D eigenvalue weighted by atomic mass is 79.9. The molecule has 2 aromatic carbocycles. The first-order valence-corrected chi connectivity index (χ1v) is 7.72. The molecule has 1 unspecified atom stereocenters. The van der Waals surface area contributed by atoms with Crippen LogP contribution in [0.15, 0.2) is 57.9 Å². The fourth-order valence-corrected chi connectivity index (χ4v) is 2.96. The minimum absolute atomic E-state index is 0.534. The number of benzene rings is 2. The molecule has 2 N–H and O–H groups in total. The van der Waals surface area contributed by atoms with Gasteiger partial charge < -0.3 is 5.73 Å². The molecule has 2 rings (SSSR count). The lowest BCUT2D eigenvalue weighted by Crippen LogP contribution is -1.99. The number of nitrogens with two attached hydrogens (primary N) is 1. The molecule has 0 aliphatic heterocycles. The van der Waals surface area contributed by atoms with Crippen LogP contribution >= 0.6 is 15.9 Å². The zero-order valence-corrected chi connectivity index (χ0v) is 12.2. The quantitative estimate of drug-likeness (QED) is 0.938. The SMILES string of the molecule is NCc1ccc(CS(=O)c2ccc(Br)cc2)cc1. The van der Waals surface area contributed by atoms with E-state index in [0.717, 1.165) is 20.5 Å². The van der Waals surface area contributed by atoms with Gasteiger partial charge in [-0.3, -0.25) is 4.21 Å². The Morgan fingerprint density at radius 2 is 1.50 bits per heavy atom. The zero-order chi connectivity index (χ0) is 13.0. The van der Waals surface area contributed by atoms with Crippen molar-refractivity contribution in [3.05, 3.63) is 64.1 Å². The molecule has 0 heterocycles. The lowest BCUT2D eigenvalue weighted by molar-refractivity contribution is 0.682. The summed E-state index contributed by atoms with van der Waals surface area (Å²) in [4.78, 5) is 0.848. The van der Waals surface area contributed by atoms with Crippen molar-refractivity contribution in [2.75, 3.05) is 0 Å². The van der Waals surface area contributed by atoms with Crippen molar-refractivity contribution < 1.29 is 4.21 Å². The number of hydrogen-bond acceptors (Lipinski definition) is 2. The molecule has 4 heteroatoms. The molecular formula is C14H14BrNOS. The number of hydrogen-bond donors (Lipinski definition) is 1. The van der Waals surface area contributed by atoms with Crippen molar-refractivity contribution in [2.45, 2.75) is 17.2 Å². The summed E-state index contributed by atoms with van der Waals surface area (Å²) in [6.45, 7) is 0.538. The molecule has 0 fully saturated rings. The smallest absolute Gasteiger partial charge is 0.0574 e. The second kappa shape index (κ2) is 6.27. The first-order valence-electron chi connectivity index (χ1n) is 5.61. The van der Waals surface area contributed by atoms with Crippen LogP contribution in [0.2, 0.25) is 0 Å². The molecule has 0 bridgehead atoms. The van der Waals surface area contributed by atoms with Gasteiger partial charge in [0.1, 0.15) is 0 Å². The van der Waals surface area contributed by atoms with E-state index in [-0.39, 0.29) is 0 Å². The van der Waals surface area contributed by atoms with E-state index in [1.165, 1.54) is 0 Å². The van der Waals surface area contributed by atoms with Crippen molar-refractivity contribution in [1.82, 2.24) is 0 Å². The van der Waals surface area contributed by atoms with Gasteiger partial charge in [-0.25, -0.2) is 0 Å². The van der Waals surface area contributed by atoms with Gasteiger partial charge in [0.25, 0.3) is 0 Å². The van der Waals surface area contributed by atoms with Gasteiger partial charge in [0, 0.05) is 15.9 Å². The van der Waals surface area contributed by atoms with Crippen molar-refractivity contribution in [1.29, 1.82) is 0 Å². The molecule has 0 aliphatic rings. The van der Waals surface area contributed by atoms with Crippen LogP contribution in [0.1, 0.15) is 11.1 Å². The molecular weight excluding hydrogens is 310 g/mol. The molecule has 0 aliphatic carbocycles. The van der Waals surface area contributed by atoms with E-state index in [0.29, 0.717) is 12.3 Å². The van der Waals surface area contributed by atoms with Gasteiger partial charge in [0.2, 0.25) is 0 Å². The highest BCUT2D eigenvalue weighted by Crippen LogP contribution is 2.16. The maximum atomic E-state index is 12.2. The molecule has 0 saturated carbocycles. The second-order valence-corrected chi connectivity index (χ2v) is 6.33. The van der Waals surface area contributed by atoms with Crippen LogP contribution in [0, 0.1) is 0 Å². The van der Waals surface area contributed by atoms with Crippen LogP contribution in [-0.4, -0.2) is 4.21 Å². The standard InChI is InChI=1S/C14H14BrNOS/c15-13-5-7-14(8-6-13)18(17)10-12-3-1-11(9-16)2-4-12/h1-8H,9-10,16H2. The third-order valence-corrected chi connectivity index (χ3v) is 4.56. The van der Waals surface area contributed by atoms with Crippen LogP contribution in [-0.2, 0) is 23.1 Å². The summed E-state index contributed by atoms with van der Waals surface area (Å²) in [6, 6.07) is 15.5. The molecule has 0 saturated heterocycles. The molecule has 0 radical (unpaired) electrons. The summed E-state index contributed by atoms with van der Waals surface area (Å²) in [7, 11) is -1.00. The zero-order valence-electron chi connectivity index (χ0n) is 9.80. The van der Waals surface area contributed by atoms with Gasteiger partial charge in [-0.05, 0) is 35.4 Å². The van der Waals surface area contributed by atoms with Crippen LogP contribution in [0.4, 0.5) is 0 Å². The van der Waals surface area contributed by atoms with Gasteiger partial charge in [-0.1, -0.05) is 40.2 Å². The van der Waals surface area contributed by atoms with Crippen molar-refractivity contribution in [2.24, 2.45) is 5.73 Å². The molecule has 0 spiro atoms. The Hall–Kier alpha value is -0.970. The Bertz CT molecular complexity index is 537. The Morgan fingerprint density at radius 1 is 0.944 bits per heavy atom. The first-order chi connectivity index (χ1) is 8.69. The summed E-state index contributed by atoms with van der Waals surface area (Å²) in [6.07, 6.45) is 0. The highest BCUT2D eigenvalue weighted by Gasteiger charge is 2.05. The third kappa shape index (κ3) is 3.51. The van der Waals surface area contributed by atoms with Crippen LogP contribution in [0.5, 0.6) is 0 Å². The molecule has 2 nitrogen and oxygen atoms in total. The fourth-order valence-electron chi connectivity index (χ4n) is 1.59. The van der Waals surface area contributed by atoms with Crippen molar-refractivity contribution in [3.63, 3.8) is 0 Å². The molecule has 94 valence electrons. The second-order valence-electron chi connectivity index (χ2n) is 3.96. The van der Waals surface area contributed by atoms with Gasteiger partial charge in [-0.15, -0.1) is 0 Å². The Kier molecular flexibility index (Phi) is 4.69. The minimum atomic E-state index is -1.00. The lowest BCUT2D eigenvalue weighted by atomic mass is 10.1. The predicted octanol–water partition coefficient (Wildman–Crippen LogP) is 3.22. The average Bonchev–Trinajstić information content (AvgIpc) is 2.40. The van der Waals surface area contributed by atoms with Crippen LogP contribution in [0.25, 0.3) is 0 Å². The van der Waals surface area contributed by atoms with E-state index in [4.69, 9.17) is 5.73 Å². The monoisotopic (exact) mass is 323 g/mol. The average molecular weight is 324 g/mol. The van der Waals surface area contributed by atoms with Gasteiger partial charge >= 0.3 is 0 Å². The summed E-state index contributed by atoms with van der Waals surface area (Å²) >= 11 is 3.37. The number of rotatable bonds is 4. The molecule has 0 aromatic heterocycles. The summed E-state index contributed by atoms with van der Waals surface area (Å²) in [5.74, 6) is 0.534. The maximum absolute atomic E-state index is 12.2. The van der Waals surface area contributed by atoms with Crippen molar-refractivity contribution >= 4 is 26.7 Å². The summed E-state index contributed by atoms with van der Waals surface area (Å²) < 4.78 is 13.1. The Labute approximate surface area is 118 Å². The van der Waals surface area contributed by atoms with Gasteiger partial charge in [0.15, 0.2) is 0 Å². The topological polar surface area (TPSA) is 43.1 Å².